The van der Waals surface area contributed by atoms with Gasteiger partial charge in [-0.15, -0.1) is 0 Å². The molecule has 76 valence electrons. The molecule has 0 spiro atoms. The van der Waals surface area contributed by atoms with Crippen molar-refractivity contribution in [3.05, 3.63) is 0 Å². The van der Waals surface area contributed by atoms with E-state index in [1.54, 1.807) is 20.8 Å². The summed E-state index contributed by atoms with van der Waals surface area (Å²) in [6.07, 6.45) is -0.353. The molecule has 0 aromatic heterocycles. The molecule has 0 bridgehead atoms. The number of nitrogens with two attached hydrogens (primary N) is 1. The summed E-state index contributed by atoms with van der Waals surface area (Å²) in [7, 11) is 0. The lowest BCUT2D eigenvalue weighted by Gasteiger charge is -2.14. The molecule has 1 unspecified atom stereocenters. The molecule has 0 aliphatic rings. The van der Waals surface area contributed by atoms with Gasteiger partial charge in [-0.2, -0.15) is 0 Å². The van der Waals surface area contributed by atoms with Crippen LogP contribution in [-0.2, 0) is 9.53 Å². The fraction of sp³-hybridized carbons (Fsp3) is 0.750. The number of hydrogen-bond donors (Lipinski definition) is 2. The van der Waals surface area contributed by atoms with E-state index in [-0.39, 0.29) is 6.10 Å². The SMILES string of the molecule is CCC(NC(=O)OC(C)C)C(N)=O. The largest absolute Gasteiger partial charge is 0.447 e. The first-order valence-electron chi connectivity index (χ1n) is 4.23. The van der Waals surface area contributed by atoms with Crippen LogP contribution in [0.5, 0.6) is 0 Å². The number of carbonyl (C=O) groups excluding carboxylic acids is 2. The van der Waals surface area contributed by atoms with E-state index in [9.17, 15) is 9.59 Å². The molecule has 5 heteroatoms. The number of primary amides is 1. The Morgan fingerprint density at radius 3 is 2.31 bits per heavy atom. The van der Waals surface area contributed by atoms with E-state index in [0.29, 0.717) is 6.42 Å². The van der Waals surface area contributed by atoms with E-state index in [2.05, 4.69) is 5.32 Å². The van der Waals surface area contributed by atoms with Gasteiger partial charge in [-0.1, -0.05) is 6.92 Å². The van der Waals surface area contributed by atoms with Gasteiger partial charge in [0.2, 0.25) is 5.91 Å². The minimum Gasteiger partial charge on any atom is -0.447 e. The summed E-state index contributed by atoms with van der Waals surface area (Å²) < 4.78 is 4.77. The Labute approximate surface area is 77.6 Å². The predicted molar refractivity (Wildman–Crippen MR) is 48.0 cm³/mol. The summed E-state index contributed by atoms with van der Waals surface area (Å²) in [6.45, 7) is 5.21. The number of carbonyl (C=O) groups is 2. The Bertz CT molecular complexity index is 192. The molecule has 0 saturated heterocycles. The van der Waals surface area contributed by atoms with Crippen molar-refractivity contribution in [3.63, 3.8) is 0 Å². The molecule has 0 aromatic rings. The molecular weight excluding hydrogens is 172 g/mol. The van der Waals surface area contributed by atoms with Crippen molar-refractivity contribution in [2.75, 3.05) is 0 Å². The zero-order chi connectivity index (χ0) is 10.4. The fourth-order valence-electron chi connectivity index (χ4n) is 0.765. The molecule has 0 saturated carbocycles. The van der Waals surface area contributed by atoms with Gasteiger partial charge < -0.3 is 15.8 Å². The van der Waals surface area contributed by atoms with E-state index in [1.165, 1.54) is 0 Å². The van der Waals surface area contributed by atoms with Gasteiger partial charge in [-0.3, -0.25) is 4.79 Å². The van der Waals surface area contributed by atoms with Crippen LogP contribution in [0.25, 0.3) is 0 Å². The number of hydrogen-bond acceptors (Lipinski definition) is 3. The Kier molecular flexibility index (Phi) is 4.87. The standard InChI is InChI=1S/C8H16N2O3/c1-4-6(7(9)11)10-8(12)13-5(2)3/h5-6H,4H2,1-3H3,(H2,9,11)(H,10,12). The van der Waals surface area contributed by atoms with E-state index in [0.717, 1.165) is 0 Å². The quantitative estimate of drug-likeness (QED) is 0.669. The van der Waals surface area contributed by atoms with E-state index in [1.807, 2.05) is 0 Å². The lowest BCUT2D eigenvalue weighted by atomic mass is 10.2. The molecule has 0 radical (unpaired) electrons. The van der Waals surface area contributed by atoms with Gasteiger partial charge in [0.05, 0.1) is 6.10 Å². The highest BCUT2D eigenvalue weighted by atomic mass is 16.6. The molecule has 0 fully saturated rings. The first kappa shape index (κ1) is 11.7. The van der Waals surface area contributed by atoms with Crippen LogP contribution in [0.4, 0.5) is 4.79 Å². The number of nitrogens with one attached hydrogen (secondary N) is 1. The van der Waals surface area contributed by atoms with Gasteiger partial charge >= 0.3 is 6.09 Å². The zero-order valence-electron chi connectivity index (χ0n) is 8.16. The molecule has 0 heterocycles. The minimum absolute atomic E-state index is 0.203. The van der Waals surface area contributed by atoms with Crippen LogP contribution in [0, 0.1) is 0 Å². The Balaban J connectivity index is 3.94. The lowest BCUT2D eigenvalue weighted by Crippen LogP contribution is -2.44. The molecule has 2 amide bonds. The van der Waals surface area contributed by atoms with Gasteiger partial charge in [-0.25, -0.2) is 4.79 Å². The minimum atomic E-state index is -0.647. The van der Waals surface area contributed by atoms with Crippen molar-refractivity contribution in [2.24, 2.45) is 5.73 Å². The van der Waals surface area contributed by atoms with Crippen LogP contribution >= 0.6 is 0 Å². The van der Waals surface area contributed by atoms with Crippen molar-refractivity contribution in [2.45, 2.75) is 39.3 Å². The van der Waals surface area contributed by atoms with Gasteiger partial charge in [0.15, 0.2) is 0 Å². The Morgan fingerprint density at radius 2 is 2.00 bits per heavy atom. The molecule has 3 N–H and O–H groups in total. The summed E-state index contributed by atoms with van der Waals surface area (Å²) in [4.78, 5) is 21.7. The molecule has 0 aliphatic heterocycles. The van der Waals surface area contributed by atoms with Crippen molar-refractivity contribution in [3.8, 4) is 0 Å². The van der Waals surface area contributed by atoms with Gasteiger partial charge in [0.1, 0.15) is 6.04 Å². The molecule has 5 nitrogen and oxygen atoms in total. The maximum absolute atomic E-state index is 11.0. The van der Waals surface area contributed by atoms with E-state index >= 15 is 0 Å². The second-order valence-corrected chi connectivity index (χ2v) is 2.96. The normalized spacial score (nSPS) is 12.3. The third-order valence-electron chi connectivity index (χ3n) is 1.39. The van der Waals surface area contributed by atoms with Crippen molar-refractivity contribution in [1.82, 2.24) is 5.32 Å². The van der Waals surface area contributed by atoms with Gasteiger partial charge in [0, 0.05) is 0 Å². The van der Waals surface area contributed by atoms with Crippen molar-refractivity contribution < 1.29 is 14.3 Å². The molecule has 0 aromatic carbocycles. The summed E-state index contributed by atoms with van der Waals surface area (Å²) in [5.41, 5.74) is 5.02. The summed E-state index contributed by atoms with van der Waals surface area (Å²) in [5, 5.41) is 2.36. The van der Waals surface area contributed by atoms with E-state index in [4.69, 9.17) is 10.5 Å². The number of amides is 2. The summed E-state index contributed by atoms with van der Waals surface area (Å²) in [6, 6.07) is -0.647. The highest BCUT2D eigenvalue weighted by molar-refractivity contribution is 5.84. The number of alkyl carbamates (subject to hydrolysis) is 1. The fourth-order valence-corrected chi connectivity index (χ4v) is 0.765. The summed E-state index contributed by atoms with van der Waals surface area (Å²) in [5.74, 6) is -0.553. The predicted octanol–water partition coefficient (Wildman–Crippen LogP) is 0.385. The first-order chi connectivity index (χ1) is 5.97. The van der Waals surface area contributed by atoms with Crippen LogP contribution in [-0.4, -0.2) is 24.1 Å². The second kappa shape index (κ2) is 5.40. The van der Waals surface area contributed by atoms with Crippen molar-refractivity contribution >= 4 is 12.0 Å². The van der Waals surface area contributed by atoms with Crippen LogP contribution in [0.2, 0.25) is 0 Å². The molecule has 0 rings (SSSR count). The van der Waals surface area contributed by atoms with Crippen molar-refractivity contribution in [1.29, 1.82) is 0 Å². The first-order valence-corrected chi connectivity index (χ1v) is 4.23. The second-order valence-electron chi connectivity index (χ2n) is 2.96. The highest BCUT2D eigenvalue weighted by Crippen LogP contribution is 1.93. The lowest BCUT2D eigenvalue weighted by molar-refractivity contribution is -0.120. The third kappa shape index (κ3) is 5.05. The summed E-state index contributed by atoms with van der Waals surface area (Å²) >= 11 is 0. The number of ether oxygens (including phenoxy) is 1. The Hall–Kier alpha value is -1.26. The molecule has 1 atom stereocenters. The van der Waals surface area contributed by atoms with Crippen LogP contribution in [0.3, 0.4) is 0 Å². The highest BCUT2D eigenvalue weighted by Gasteiger charge is 2.16. The van der Waals surface area contributed by atoms with E-state index < -0.39 is 18.0 Å². The molecule has 13 heavy (non-hydrogen) atoms. The average molecular weight is 188 g/mol. The maximum atomic E-state index is 11.0. The molecule has 0 aliphatic carbocycles. The smallest absolute Gasteiger partial charge is 0.408 e. The third-order valence-corrected chi connectivity index (χ3v) is 1.39. The zero-order valence-corrected chi connectivity index (χ0v) is 8.16. The van der Waals surface area contributed by atoms with Crippen LogP contribution in [0.1, 0.15) is 27.2 Å². The van der Waals surface area contributed by atoms with Crippen LogP contribution < -0.4 is 11.1 Å². The molecular formula is C8H16N2O3. The maximum Gasteiger partial charge on any atom is 0.408 e. The topological polar surface area (TPSA) is 81.4 Å². The van der Waals surface area contributed by atoms with Gasteiger partial charge in [-0.05, 0) is 20.3 Å². The average Bonchev–Trinajstić information content (AvgIpc) is 1.98. The van der Waals surface area contributed by atoms with Gasteiger partial charge in [0.25, 0.3) is 0 Å². The number of rotatable bonds is 4. The van der Waals surface area contributed by atoms with Crippen LogP contribution in [0.15, 0.2) is 0 Å². The monoisotopic (exact) mass is 188 g/mol. The Morgan fingerprint density at radius 1 is 1.46 bits per heavy atom.